The van der Waals surface area contributed by atoms with Crippen molar-refractivity contribution in [3.8, 4) is 0 Å². The monoisotopic (exact) mass is 328 g/mol. The van der Waals surface area contributed by atoms with Crippen LogP contribution in [0.4, 0.5) is 4.39 Å². The van der Waals surface area contributed by atoms with Crippen LogP contribution in [0.2, 0.25) is 0 Å². The zero-order chi connectivity index (χ0) is 16.8. The summed E-state index contributed by atoms with van der Waals surface area (Å²) in [6, 6.07) is 15.5. The third-order valence-electron chi connectivity index (χ3n) is 4.14. The molecule has 1 saturated heterocycles. The van der Waals surface area contributed by atoms with Gasteiger partial charge in [0, 0.05) is 25.2 Å². The van der Waals surface area contributed by atoms with Crippen molar-refractivity contribution in [2.75, 3.05) is 32.8 Å². The summed E-state index contributed by atoms with van der Waals surface area (Å²) in [4.78, 5) is 14.8. The highest BCUT2D eigenvalue weighted by atomic mass is 19.1. The maximum atomic E-state index is 13.4. The van der Waals surface area contributed by atoms with E-state index in [2.05, 4.69) is 10.2 Å². The van der Waals surface area contributed by atoms with Gasteiger partial charge in [-0.3, -0.25) is 9.69 Å². The van der Waals surface area contributed by atoms with Crippen LogP contribution in [-0.4, -0.2) is 43.7 Å². The molecule has 24 heavy (non-hydrogen) atoms. The highest BCUT2D eigenvalue weighted by molar-refractivity contribution is 5.94. The van der Waals surface area contributed by atoms with E-state index in [-0.39, 0.29) is 11.9 Å². The van der Waals surface area contributed by atoms with E-state index in [0.29, 0.717) is 25.3 Å². The molecule has 1 aliphatic rings. The zero-order valence-corrected chi connectivity index (χ0v) is 13.5. The fraction of sp³-hybridized carbons (Fsp3) is 0.316. The summed E-state index contributed by atoms with van der Waals surface area (Å²) in [7, 11) is 0. The van der Waals surface area contributed by atoms with Gasteiger partial charge in [0.15, 0.2) is 0 Å². The van der Waals surface area contributed by atoms with E-state index in [0.717, 1.165) is 18.7 Å². The number of hydrogen-bond donors (Lipinski definition) is 1. The first-order valence-corrected chi connectivity index (χ1v) is 8.14. The third-order valence-corrected chi connectivity index (χ3v) is 4.14. The Labute approximate surface area is 141 Å². The molecule has 0 saturated carbocycles. The van der Waals surface area contributed by atoms with Crippen molar-refractivity contribution in [3.05, 3.63) is 71.5 Å². The molecule has 0 aromatic heterocycles. The lowest BCUT2D eigenvalue weighted by molar-refractivity contribution is 0.0332. The summed E-state index contributed by atoms with van der Waals surface area (Å²) in [6.45, 7) is 3.81. The molecule has 0 spiro atoms. The minimum absolute atomic E-state index is 0.153. The quantitative estimate of drug-likeness (QED) is 0.917. The van der Waals surface area contributed by atoms with Crippen LogP contribution in [-0.2, 0) is 4.74 Å². The lowest BCUT2D eigenvalue weighted by Gasteiger charge is -2.31. The van der Waals surface area contributed by atoms with Gasteiger partial charge in [0.2, 0.25) is 0 Å². The van der Waals surface area contributed by atoms with Crippen molar-refractivity contribution in [1.82, 2.24) is 10.2 Å². The second-order valence-corrected chi connectivity index (χ2v) is 5.86. The second-order valence-electron chi connectivity index (χ2n) is 5.86. The topological polar surface area (TPSA) is 41.6 Å². The van der Waals surface area contributed by atoms with Gasteiger partial charge >= 0.3 is 0 Å². The molecule has 0 radical (unpaired) electrons. The van der Waals surface area contributed by atoms with Crippen molar-refractivity contribution >= 4 is 5.91 Å². The molecule has 1 heterocycles. The number of morpholine rings is 1. The Bertz CT molecular complexity index is 672. The predicted molar refractivity (Wildman–Crippen MR) is 90.3 cm³/mol. The Morgan fingerprint density at radius 3 is 2.58 bits per heavy atom. The van der Waals surface area contributed by atoms with E-state index in [4.69, 9.17) is 4.74 Å². The minimum Gasteiger partial charge on any atom is -0.379 e. The molecule has 1 N–H and O–H groups in total. The summed E-state index contributed by atoms with van der Waals surface area (Å²) < 4.78 is 18.7. The number of halogens is 1. The number of amides is 1. The van der Waals surface area contributed by atoms with Gasteiger partial charge in [0.05, 0.1) is 19.3 Å². The number of nitrogens with zero attached hydrogens (tertiary/aromatic N) is 1. The Balaban J connectivity index is 1.75. The minimum atomic E-state index is -0.410. The molecule has 1 amide bonds. The molecule has 1 fully saturated rings. The van der Waals surface area contributed by atoms with Gasteiger partial charge in [-0.15, -0.1) is 0 Å². The van der Waals surface area contributed by atoms with E-state index in [1.165, 1.54) is 12.1 Å². The number of carbonyl (C=O) groups excluding carboxylic acids is 1. The summed E-state index contributed by atoms with van der Waals surface area (Å²) in [6.07, 6.45) is 0. The molecule has 4 nitrogen and oxygen atoms in total. The number of rotatable bonds is 5. The fourth-order valence-corrected chi connectivity index (χ4v) is 2.83. The van der Waals surface area contributed by atoms with Crippen molar-refractivity contribution < 1.29 is 13.9 Å². The lowest BCUT2D eigenvalue weighted by Crippen LogP contribution is -2.43. The molecule has 1 aliphatic heterocycles. The standard InChI is InChI=1S/C19H21FN2O2/c20-17-8-4-7-16(13-17)19(23)21-18(15-5-2-1-3-6-15)14-22-9-11-24-12-10-22/h1-8,13,18H,9-12,14H2,(H,21,23). The number of ether oxygens (including phenoxy) is 1. The maximum absolute atomic E-state index is 13.4. The molecular weight excluding hydrogens is 307 g/mol. The third kappa shape index (κ3) is 4.40. The second kappa shape index (κ2) is 8.04. The predicted octanol–water partition coefficient (Wildman–Crippen LogP) is 2.63. The lowest BCUT2D eigenvalue weighted by atomic mass is 10.1. The van der Waals surface area contributed by atoms with E-state index in [9.17, 15) is 9.18 Å². The Morgan fingerprint density at radius 1 is 1.12 bits per heavy atom. The van der Waals surface area contributed by atoms with Crippen molar-refractivity contribution in [2.45, 2.75) is 6.04 Å². The Morgan fingerprint density at radius 2 is 1.88 bits per heavy atom. The molecule has 1 atom stereocenters. The van der Waals surface area contributed by atoms with Crippen LogP contribution < -0.4 is 5.32 Å². The van der Waals surface area contributed by atoms with E-state index >= 15 is 0 Å². The van der Waals surface area contributed by atoms with Crippen molar-refractivity contribution in [3.63, 3.8) is 0 Å². The number of carbonyl (C=O) groups is 1. The normalized spacial score (nSPS) is 16.5. The van der Waals surface area contributed by atoms with Gasteiger partial charge in [-0.25, -0.2) is 4.39 Å². The summed E-state index contributed by atoms with van der Waals surface area (Å²) in [5, 5.41) is 3.04. The average Bonchev–Trinajstić information content (AvgIpc) is 2.63. The van der Waals surface area contributed by atoms with E-state index < -0.39 is 5.82 Å². The van der Waals surface area contributed by atoms with Crippen LogP contribution in [0, 0.1) is 5.82 Å². The van der Waals surface area contributed by atoms with Crippen molar-refractivity contribution in [2.24, 2.45) is 0 Å². The number of benzene rings is 2. The van der Waals surface area contributed by atoms with Crippen LogP contribution in [0.1, 0.15) is 22.0 Å². The first-order valence-electron chi connectivity index (χ1n) is 8.14. The average molecular weight is 328 g/mol. The number of nitrogens with one attached hydrogen (secondary N) is 1. The smallest absolute Gasteiger partial charge is 0.251 e. The van der Waals surface area contributed by atoms with Crippen LogP contribution in [0.3, 0.4) is 0 Å². The van der Waals surface area contributed by atoms with E-state index in [1.54, 1.807) is 12.1 Å². The Kier molecular flexibility index (Phi) is 5.56. The first kappa shape index (κ1) is 16.6. The van der Waals surface area contributed by atoms with Crippen LogP contribution in [0.25, 0.3) is 0 Å². The van der Waals surface area contributed by atoms with Gasteiger partial charge in [-0.2, -0.15) is 0 Å². The molecule has 5 heteroatoms. The van der Waals surface area contributed by atoms with Crippen LogP contribution >= 0.6 is 0 Å². The zero-order valence-electron chi connectivity index (χ0n) is 13.5. The first-order chi connectivity index (χ1) is 11.7. The molecule has 126 valence electrons. The molecule has 0 aliphatic carbocycles. The van der Waals surface area contributed by atoms with Gasteiger partial charge < -0.3 is 10.1 Å². The summed E-state index contributed by atoms with van der Waals surface area (Å²) >= 11 is 0. The van der Waals surface area contributed by atoms with Gasteiger partial charge in [0.1, 0.15) is 5.82 Å². The highest BCUT2D eigenvalue weighted by Gasteiger charge is 2.20. The van der Waals surface area contributed by atoms with Gasteiger partial charge in [-0.1, -0.05) is 36.4 Å². The van der Waals surface area contributed by atoms with Gasteiger partial charge in [-0.05, 0) is 23.8 Å². The van der Waals surface area contributed by atoms with Crippen LogP contribution in [0.5, 0.6) is 0 Å². The molecule has 2 aromatic carbocycles. The highest BCUT2D eigenvalue weighted by Crippen LogP contribution is 2.16. The molecule has 0 bridgehead atoms. The Hall–Kier alpha value is -2.24. The van der Waals surface area contributed by atoms with Crippen LogP contribution in [0.15, 0.2) is 54.6 Å². The SMILES string of the molecule is O=C(NC(CN1CCOCC1)c1ccccc1)c1cccc(F)c1. The van der Waals surface area contributed by atoms with Crippen molar-refractivity contribution in [1.29, 1.82) is 0 Å². The fourth-order valence-electron chi connectivity index (χ4n) is 2.83. The van der Waals surface area contributed by atoms with Gasteiger partial charge in [0.25, 0.3) is 5.91 Å². The molecule has 1 unspecified atom stereocenters. The largest absolute Gasteiger partial charge is 0.379 e. The molecule has 2 aromatic rings. The summed E-state index contributed by atoms with van der Waals surface area (Å²) in [5.74, 6) is -0.677. The summed E-state index contributed by atoms with van der Waals surface area (Å²) in [5.41, 5.74) is 1.37. The van der Waals surface area contributed by atoms with E-state index in [1.807, 2.05) is 30.3 Å². The molecular formula is C19H21FN2O2. The maximum Gasteiger partial charge on any atom is 0.251 e. The molecule has 3 rings (SSSR count). The number of hydrogen-bond acceptors (Lipinski definition) is 3.